The highest BCUT2D eigenvalue weighted by Gasteiger charge is 2.12. The maximum Gasteiger partial charge on any atom is 0.178 e. The van der Waals surface area contributed by atoms with Crippen molar-refractivity contribution in [2.45, 2.75) is 6.92 Å². The molecule has 0 radical (unpaired) electrons. The Morgan fingerprint density at radius 2 is 2.21 bits per heavy atom. The number of hydrogen-bond acceptors (Lipinski definition) is 2. The van der Waals surface area contributed by atoms with Crippen molar-refractivity contribution in [3.05, 3.63) is 27.7 Å². The van der Waals surface area contributed by atoms with E-state index < -0.39 is 0 Å². The zero-order valence-corrected chi connectivity index (χ0v) is 10.3. The Balaban J connectivity index is 3.29. The van der Waals surface area contributed by atoms with Crippen molar-refractivity contribution in [3.63, 3.8) is 0 Å². The largest absolute Gasteiger partial charge is 0.496 e. The molecule has 0 aliphatic carbocycles. The monoisotopic (exact) mass is 276 g/mol. The van der Waals surface area contributed by atoms with E-state index >= 15 is 0 Å². The summed E-state index contributed by atoms with van der Waals surface area (Å²) in [6.07, 6.45) is 0. The van der Waals surface area contributed by atoms with Crippen LogP contribution in [0.25, 0.3) is 0 Å². The van der Waals surface area contributed by atoms with Crippen LogP contribution in [-0.2, 0) is 0 Å². The van der Waals surface area contributed by atoms with Crippen molar-refractivity contribution < 1.29 is 9.53 Å². The van der Waals surface area contributed by atoms with E-state index in [4.69, 9.17) is 16.3 Å². The van der Waals surface area contributed by atoms with Gasteiger partial charge in [-0.2, -0.15) is 0 Å². The van der Waals surface area contributed by atoms with Crippen LogP contribution in [0.1, 0.15) is 15.9 Å². The molecule has 2 nitrogen and oxygen atoms in total. The van der Waals surface area contributed by atoms with Crippen molar-refractivity contribution >= 4 is 33.3 Å². The minimum absolute atomic E-state index is 0.0134. The molecule has 0 aliphatic heterocycles. The van der Waals surface area contributed by atoms with E-state index in [0.29, 0.717) is 11.3 Å². The number of benzene rings is 1. The van der Waals surface area contributed by atoms with Crippen molar-refractivity contribution in [2.75, 3.05) is 13.0 Å². The van der Waals surface area contributed by atoms with Gasteiger partial charge in [-0.15, -0.1) is 11.6 Å². The van der Waals surface area contributed by atoms with Gasteiger partial charge in [-0.1, -0.05) is 15.9 Å². The van der Waals surface area contributed by atoms with Crippen LogP contribution in [0.15, 0.2) is 16.6 Å². The summed E-state index contributed by atoms with van der Waals surface area (Å²) in [5.74, 6) is 0.581. The van der Waals surface area contributed by atoms with Gasteiger partial charge in [0.25, 0.3) is 0 Å². The summed E-state index contributed by atoms with van der Waals surface area (Å²) < 4.78 is 5.95. The lowest BCUT2D eigenvalue weighted by molar-refractivity contribution is 0.102. The number of carbonyl (C=O) groups is 1. The Bertz CT molecular complexity index is 363. The van der Waals surface area contributed by atoms with Crippen LogP contribution < -0.4 is 4.74 Å². The number of alkyl halides is 1. The van der Waals surface area contributed by atoms with Gasteiger partial charge in [0, 0.05) is 15.6 Å². The zero-order chi connectivity index (χ0) is 10.7. The molecule has 0 aliphatic rings. The summed E-state index contributed by atoms with van der Waals surface area (Å²) in [6, 6.07) is 3.57. The number of halogens is 2. The van der Waals surface area contributed by atoms with Gasteiger partial charge in [-0.25, -0.2) is 0 Å². The standard InChI is InChI=1S/C10H10BrClO2/c1-6-8(9(13)5-12)3-7(11)4-10(6)14-2/h3-4H,5H2,1-2H3. The van der Waals surface area contributed by atoms with Crippen molar-refractivity contribution in [1.82, 2.24) is 0 Å². The quantitative estimate of drug-likeness (QED) is 0.626. The summed E-state index contributed by atoms with van der Waals surface area (Å²) in [6.45, 7) is 1.84. The summed E-state index contributed by atoms with van der Waals surface area (Å²) in [4.78, 5) is 11.4. The van der Waals surface area contributed by atoms with Gasteiger partial charge >= 0.3 is 0 Å². The second kappa shape index (κ2) is 4.80. The van der Waals surface area contributed by atoms with Gasteiger partial charge in [-0.3, -0.25) is 4.79 Å². The lowest BCUT2D eigenvalue weighted by Gasteiger charge is -2.09. The van der Waals surface area contributed by atoms with Crippen LogP contribution in [-0.4, -0.2) is 18.8 Å². The van der Waals surface area contributed by atoms with E-state index in [1.54, 1.807) is 13.2 Å². The van der Waals surface area contributed by atoms with Gasteiger partial charge in [0.15, 0.2) is 5.78 Å². The molecule has 1 aromatic carbocycles. The average molecular weight is 278 g/mol. The number of hydrogen-bond donors (Lipinski definition) is 0. The number of ether oxygens (including phenoxy) is 1. The van der Waals surface area contributed by atoms with E-state index in [2.05, 4.69) is 15.9 Å². The first-order valence-electron chi connectivity index (χ1n) is 4.03. The van der Waals surface area contributed by atoms with Gasteiger partial charge < -0.3 is 4.74 Å². The van der Waals surface area contributed by atoms with Crippen LogP contribution in [0.2, 0.25) is 0 Å². The molecule has 0 saturated carbocycles. The minimum atomic E-state index is -0.0937. The van der Waals surface area contributed by atoms with E-state index in [9.17, 15) is 4.79 Å². The molecule has 1 aromatic rings. The van der Waals surface area contributed by atoms with Crippen LogP contribution in [0.4, 0.5) is 0 Å². The molecule has 0 bridgehead atoms. The van der Waals surface area contributed by atoms with Gasteiger partial charge in [0.05, 0.1) is 13.0 Å². The highest BCUT2D eigenvalue weighted by Crippen LogP contribution is 2.27. The molecule has 4 heteroatoms. The molecule has 14 heavy (non-hydrogen) atoms. The van der Waals surface area contributed by atoms with Gasteiger partial charge in [0.1, 0.15) is 5.75 Å². The number of Topliss-reactive ketones (excluding diaryl/α,β-unsaturated/α-hetero) is 1. The molecular weight excluding hydrogens is 267 g/mol. The van der Waals surface area contributed by atoms with Crippen molar-refractivity contribution in [1.29, 1.82) is 0 Å². The van der Waals surface area contributed by atoms with Crippen LogP contribution in [0.3, 0.4) is 0 Å². The first-order chi connectivity index (χ1) is 6.60. The average Bonchev–Trinajstić information content (AvgIpc) is 2.19. The highest BCUT2D eigenvalue weighted by atomic mass is 79.9. The molecule has 0 N–H and O–H groups in total. The molecule has 0 atom stereocenters. The maximum atomic E-state index is 11.4. The van der Waals surface area contributed by atoms with E-state index in [0.717, 1.165) is 10.0 Å². The minimum Gasteiger partial charge on any atom is -0.496 e. The Morgan fingerprint density at radius 1 is 1.57 bits per heavy atom. The SMILES string of the molecule is COc1cc(Br)cc(C(=O)CCl)c1C. The third-order valence-corrected chi connectivity index (χ3v) is 2.67. The molecule has 0 aromatic heterocycles. The Morgan fingerprint density at radius 3 is 2.71 bits per heavy atom. The van der Waals surface area contributed by atoms with Crippen molar-refractivity contribution in [3.8, 4) is 5.75 Å². The molecule has 0 unspecified atom stereocenters. The first kappa shape index (κ1) is 11.5. The predicted molar refractivity (Wildman–Crippen MR) is 60.5 cm³/mol. The molecule has 1 rings (SSSR count). The molecule has 0 amide bonds. The Labute approximate surface area is 96.3 Å². The van der Waals surface area contributed by atoms with E-state index in [1.165, 1.54) is 0 Å². The third kappa shape index (κ3) is 2.28. The fraction of sp³-hybridized carbons (Fsp3) is 0.300. The second-order valence-electron chi connectivity index (χ2n) is 2.84. The number of carbonyl (C=O) groups excluding carboxylic acids is 1. The molecule has 0 heterocycles. The first-order valence-corrected chi connectivity index (χ1v) is 5.36. The van der Waals surface area contributed by atoms with Crippen LogP contribution in [0.5, 0.6) is 5.75 Å². The lowest BCUT2D eigenvalue weighted by atomic mass is 10.0. The number of rotatable bonds is 3. The fourth-order valence-corrected chi connectivity index (χ4v) is 1.81. The van der Waals surface area contributed by atoms with Gasteiger partial charge in [-0.05, 0) is 19.1 Å². The van der Waals surface area contributed by atoms with Gasteiger partial charge in [0.2, 0.25) is 0 Å². The maximum absolute atomic E-state index is 11.4. The van der Waals surface area contributed by atoms with E-state index in [1.807, 2.05) is 13.0 Å². The smallest absolute Gasteiger partial charge is 0.178 e. The summed E-state index contributed by atoms with van der Waals surface area (Å²) in [5.41, 5.74) is 1.42. The molecule has 76 valence electrons. The Hall–Kier alpha value is -0.540. The van der Waals surface area contributed by atoms with Crippen molar-refractivity contribution in [2.24, 2.45) is 0 Å². The van der Waals surface area contributed by atoms with Crippen LogP contribution in [0, 0.1) is 6.92 Å². The fourth-order valence-electron chi connectivity index (χ4n) is 1.23. The zero-order valence-electron chi connectivity index (χ0n) is 7.93. The molecule has 0 spiro atoms. The highest BCUT2D eigenvalue weighted by molar-refractivity contribution is 9.10. The van der Waals surface area contributed by atoms with Crippen LogP contribution >= 0.6 is 27.5 Å². The normalized spacial score (nSPS) is 10.0. The third-order valence-electron chi connectivity index (χ3n) is 1.97. The topological polar surface area (TPSA) is 26.3 Å². The summed E-state index contributed by atoms with van der Waals surface area (Å²) in [5, 5.41) is 0. The molecule has 0 saturated heterocycles. The summed E-state index contributed by atoms with van der Waals surface area (Å²) >= 11 is 8.81. The predicted octanol–water partition coefficient (Wildman–Crippen LogP) is 3.19. The summed E-state index contributed by atoms with van der Waals surface area (Å²) in [7, 11) is 1.57. The van der Waals surface area contributed by atoms with E-state index in [-0.39, 0.29) is 11.7 Å². The lowest BCUT2D eigenvalue weighted by Crippen LogP contribution is -2.04. The number of methoxy groups -OCH3 is 1. The molecular formula is C10H10BrClO2. The Kier molecular flexibility index (Phi) is 3.96. The second-order valence-corrected chi connectivity index (χ2v) is 4.02. The molecule has 0 fully saturated rings. The number of ketones is 1.